The van der Waals surface area contributed by atoms with Crippen LogP contribution in [-0.2, 0) is 17.4 Å². The van der Waals surface area contributed by atoms with Crippen molar-refractivity contribution in [3.8, 4) is 5.69 Å². The van der Waals surface area contributed by atoms with Crippen LogP contribution < -0.4 is 10.9 Å². The van der Waals surface area contributed by atoms with Crippen LogP contribution in [0.5, 0.6) is 0 Å². The largest absolute Gasteiger partial charge is 0.419 e. The molecule has 0 bridgehead atoms. The number of benzene rings is 2. The fourth-order valence-electron chi connectivity index (χ4n) is 3.59. The molecule has 0 aliphatic heterocycles. The first kappa shape index (κ1) is 22.2. The number of halogens is 4. The number of aryl methyl sites for hydroxylation is 1. The highest BCUT2D eigenvalue weighted by Crippen LogP contribution is 2.31. The Bertz CT molecular complexity index is 1430. The minimum absolute atomic E-state index is 0.0904. The number of carbonyl (C=O) groups excluding carboxylic acids is 1. The Morgan fingerprint density at radius 3 is 2.55 bits per heavy atom. The number of rotatable bonds is 4. The van der Waals surface area contributed by atoms with E-state index >= 15 is 0 Å². The molecule has 4 rings (SSSR count). The Labute approximate surface area is 185 Å². The highest BCUT2D eigenvalue weighted by Gasteiger charge is 2.33. The van der Waals surface area contributed by atoms with Crippen molar-refractivity contribution >= 4 is 22.4 Å². The monoisotopic (exact) mass is 455 g/mol. The van der Waals surface area contributed by atoms with Crippen LogP contribution in [-0.4, -0.2) is 15.5 Å². The lowest BCUT2D eigenvalue weighted by Gasteiger charge is -2.13. The molecule has 5 nitrogen and oxygen atoms in total. The third-order valence-electron chi connectivity index (χ3n) is 5.16. The third-order valence-corrected chi connectivity index (χ3v) is 5.16. The van der Waals surface area contributed by atoms with E-state index in [0.29, 0.717) is 40.0 Å². The van der Waals surface area contributed by atoms with Crippen LogP contribution in [0.3, 0.4) is 0 Å². The summed E-state index contributed by atoms with van der Waals surface area (Å²) in [5.74, 6) is -2.00. The molecule has 0 saturated heterocycles. The van der Waals surface area contributed by atoms with Crippen LogP contribution in [0, 0.1) is 12.7 Å². The molecule has 4 aromatic rings. The van der Waals surface area contributed by atoms with Crippen molar-refractivity contribution in [2.45, 2.75) is 19.5 Å². The van der Waals surface area contributed by atoms with E-state index in [1.54, 1.807) is 55.7 Å². The second kappa shape index (κ2) is 8.50. The molecule has 0 spiro atoms. The van der Waals surface area contributed by atoms with Gasteiger partial charge in [-0.25, -0.2) is 4.39 Å². The molecule has 0 unspecified atom stereocenters. The van der Waals surface area contributed by atoms with Crippen molar-refractivity contribution in [1.82, 2.24) is 9.55 Å². The molecule has 1 amide bonds. The van der Waals surface area contributed by atoms with E-state index in [4.69, 9.17) is 0 Å². The standard InChI is InChI=1S/C24H17F4N3O2/c1-14-21(6-3-10-29-14)31-11-9-16-17(23(31)33)4-2-5-20(16)30-22(32)13-15-7-8-18(19(25)12-15)24(26,27)28/h2-12H,13H2,1H3,(H,30,32). The zero-order chi connectivity index (χ0) is 23.8. The van der Waals surface area contributed by atoms with Gasteiger partial charge in [-0.1, -0.05) is 12.1 Å². The lowest BCUT2D eigenvalue weighted by atomic mass is 10.1. The van der Waals surface area contributed by atoms with Gasteiger partial charge in [-0.05, 0) is 55.0 Å². The van der Waals surface area contributed by atoms with Crippen molar-refractivity contribution in [2.24, 2.45) is 0 Å². The third kappa shape index (κ3) is 4.48. The Balaban J connectivity index is 1.61. The SMILES string of the molecule is Cc1ncccc1-n1ccc2c(NC(=O)Cc3ccc(C(F)(F)F)c(F)c3)cccc2c1=O. The molecule has 168 valence electrons. The van der Waals surface area contributed by atoms with Crippen molar-refractivity contribution in [1.29, 1.82) is 0 Å². The molecule has 2 heterocycles. The molecule has 1 N–H and O–H groups in total. The zero-order valence-electron chi connectivity index (χ0n) is 17.3. The number of alkyl halides is 3. The second-order valence-electron chi connectivity index (χ2n) is 7.40. The van der Waals surface area contributed by atoms with E-state index in [-0.39, 0.29) is 17.5 Å². The Hall–Kier alpha value is -4.01. The van der Waals surface area contributed by atoms with Crippen molar-refractivity contribution in [2.75, 3.05) is 5.32 Å². The first-order valence-electron chi connectivity index (χ1n) is 9.87. The van der Waals surface area contributed by atoms with Crippen LogP contribution in [0.2, 0.25) is 0 Å². The second-order valence-corrected chi connectivity index (χ2v) is 7.40. The number of nitrogens with zero attached hydrogens (tertiary/aromatic N) is 2. The van der Waals surface area contributed by atoms with Gasteiger partial charge in [0.1, 0.15) is 5.82 Å². The van der Waals surface area contributed by atoms with Gasteiger partial charge in [-0.3, -0.25) is 19.1 Å². The number of anilines is 1. The number of nitrogens with one attached hydrogen (secondary N) is 1. The maximum absolute atomic E-state index is 13.8. The van der Waals surface area contributed by atoms with E-state index in [9.17, 15) is 27.2 Å². The van der Waals surface area contributed by atoms with Gasteiger partial charge in [-0.2, -0.15) is 13.2 Å². The molecular formula is C24H17F4N3O2. The smallest absolute Gasteiger partial charge is 0.325 e. The lowest BCUT2D eigenvalue weighted by Crippen LogP contribution is -2.20. The van der Waals surface area contributed by atoms with Gasteiger partial charge >= 0.3 is 6.18 Å². The van der Waals surface area contributed by atoms with Crippen LogP contribution >= 0.6 is 0 Å². The number of aromatic nitrogens is 2. The summed E-state index contributed by atoms with van der Waals surface area (Å²) in [5.41, 5.74) is 0.0605. The molecule has 0 radical (unpaired) electrons. The lowest BCUT2D eigenvalue weighted by molar-refractivity contribution is -0.140. The minimum atomic E-state index is -4.81. The Morgan fingerprint density at radius 2 is 1.85 bits per heavy atom. The van der Waals surface area contributed by atoms with Crippen LogP contribution in [0.15, 0.2) is 71.8 Å². The first-order valence-corrected chi connectivity index (χ1v) is 9.87. The number of hydrogen-bond acceptors (Lipinski definition) is 3. The summed E-state index contributed by atoms with van der Waals surface area (Å²) in [6.45, 7) is 1.78. The predicted molar refractivity (Wildman–Crippen MR) is 116 cm³/mol. The molecule has 0 saturated carbocycles. The van der Waals surface area contributed by atoms with Crippen molar-refractivity contribution in [3.63, 3.8) is 0 Å². The van der Waals surface area contributed by atoms with Gasteiger partial charge < -0.3 is 5.32 Å². The number of fused-ring (bicyclic) bond motifs is 1. The van der Waals surface area contributed by atoms with E-state index in [1.165, 1.54) is 4.57 Å². The molecule has 0 aliphatic carbocycles. The topological polar surface area (TPSA) is 64.0 Å². The number of carbonyl (C=O) groups is 1. The summed E-state index contributed by atoms with van der Waals surface area (Å²) >= 11 is 0. The molecule has 0 aliphatic rings. The summed E-state index contributed by atoms with van der Waals surface area (Å²) in [5, 5.41) is 3.50. The maximum atomic E-state index is 13.8. The van der Waals surface area contributed by atoms with Gasteiger partial charge in [0.2, 0.25) is 5.91 Å². The maximum Gasteiger partial charge on any atom is 0.419 e. The fourth-order valence-corrected chi connectivity index (χ4v) is 3.59. The minimum Gasteiger partial charge on any atom is -0.325 e. The van der Waals surface area contributed by atoms with Crippen LogP contribution in [0.4, 0.5) is 23.2 Å². The quantitative estimate of drug-likeness (QED) is 0.439. The van der Waals surface area contributed by atoms with Gasteiger partial charge in [0, 0.05) is 28.9 Å². The number of pyridine rings is 2. The average molecular weight is 455 g/mol. The van der Waals surface area contributed by atoms with Crippen molar-refractivity contribution in [3.05, 3.63) is 100.0 Å². The molecular weight excluding hydrogens is 438 g/mol. The Morgan fingerprint density at radius 1 is 1.06 bits per heavy atom. The fraction of sp³-hybridized carbons (Fsp3) is 0.125. The first-order chi connectivity index (χ1) is 15.6. The van der Waals surface area contributed by atoms with Gasteiger partial charge in [0.05, 0.1) is 23.4 Å². The van der Waals surface area contributed by atoms with E-state index in [0.717, 1.165) is 6.07 Å². The van der Waals surface area contributed by atoms with Gasteiger partial charge in [-0.15, -0.1) is 0 Å². The molecule has 33 heavy (non-hydrogen) atoms. The zero-order valence-corrected chi connectivity index (χ0v) is 17.3. The van der Waals surface area contributed by atoms with Crippen LogP contribution in [0.25, 0.3) is 16.5 Å². The van der Waals surface area contributed by atoms with Crippen molar-refractivity contribution < 1.29 is 22.4 Å². The summed E-state index contributed by atoms with van der Waals surface area (Å²) in [6, 6.07) is 12.4. The molecule has 2 aromatic carbocycles. The van der Waals surface area contributed by atoms with Gasteiger partial charge in [0.15, 0.2) is 0 Å². The van der Waals surface area contributed by atoms with Crippen LogP contribution in [0.1, 0.15) is 16.8 Å². The van der Waals surface area contributed by atoms with E-state index < -0.39 is 23.5 Å². The molecule has 2 aromatic heterocycles. The number of amides is 1. The summed E-state index contributed by atoms with van der Waals surface area (Å²) in [6.07, 6.45) is -1.94. The predicted octanol–water partition coefficient (Wildman–Crippen LogP) is 5.03. The van der Waals surface area contributed by atoms with E-state index in [1.807, 2.05) is 0 Å². The molecule has 0 fully saturated rings. The summed E-state index contributed by atoms with van der Waals surface area (Å²) < 4.78 is 53.4. The van der Waals surface area contributed by atoms with Gasteiger partial charge in [0.25, 0.3) is 5.56 Å². The highest BCUT2D eigenvalue weighted by molar-refractivity contribution is 6.02. The Kier molecular flexibility index (Phi) is 5.71. The summed E-state index contributed by atoms with van der Waals surface area (Å²) in [7, 11) is 0. The average Bonchev–Trinajstić information content (AvgIpc) is 2.74. The summed E-state index contributed by atoms with van der Waals surface area (Å²) in [4.78, 5) is 29.7. The number of hydrogen-bond donors (Lipinski definition) is 1. The molecule has 0 atom stereocenters. The highest BCUT2D eigenvalue weighted by atomic mass is 19.4. The normalized spacial score (nSPS) is 11.5. The van der Waals surface area contributed by atoms with E-state index in [2.05, 4.69) is 10.3 Å². The molecule has 9 heteroatoms.